The summed E-state index contributed by atoms with van der Waals surface area (Å²) in [6, 6.07) is 3.24. The molecule has 3 aromatic rings. The lowest BCUT2D eigenvalue weighted by molar-refractivity contribution is -0.456. The quantitative estimate of drug-likeness (QED) is 0.174. The summed E-state index contributed by atoms with van der Waals surface area (Å²) in [5.41, 5.74) is -0.754. The standard InChI is InChI=1S/C30H36N8O10/c1-29(2,42)16-46-28(41)38(23-9-4-17(12-32-23)18-13-33-25(45-3)34-14-18)19-5-7-20(8-6-19)47-26-35-15-21-24(36-26)22(31)10-11-37(27(39)40)48-30(21,43)44/h4,9-15,19-20,27,31,39-40,42-44H,5-8,16H2,1-3H3/b11-10-,31-22?/t19-,20-. The number of nitrogens with one attached hydrogen (secondary N) is 1. The van der Waals surface area contributed by atoms with Crippen molar-refractivity contribution in [1.82, 2.24) is 30.0 Å². The van der Waals surface area contributed by atoms with E-state index in [9.17, 15) is 30.3 Å². The number of ether oxygens (including phenoxy) is 3. The van der Waals surface area contributed by atoms with E-state index in [1.165, 1.54) is 25.9 Å². The summed E-state index contributed by atoms with van der Waals surface area (Å²) in [6.07, 6.45) is 6.44. The van der Waals surface area contributed by atoms with Gasteiger partial charge in [0.05, 0.1) is 24.0 Å². The highest BCUT2D eigenvalue weighted by atomic mass is 16.9. The number of hydrogen-bond acceptors (Lipinski definition) is 17. The Morgan fingerprint density at radius 2 is 1.73 bits per heavy atom. The molecule has 0 bridgehead atoms. The molecule has 3 aromatic heterocycles. The Hall–Kier alpha value is -4.85. The van der Waals surface area contributed by atoms with Gasteiger partial charge in [-0.15, -0.1) is 0 Å². The fourth-order valence-electron chi connectivity index (χ4n) is 5.02. The summed E-state index contributed by atoms with van der Waals surface area (Å²) in [7, 11) is 1.47. The average Bonchev–Trinajstić information content (AvgIpc) is 3.06. The van der Waals surface area contributed by atoms with Gasteiger partial charge in [0.2, 0.25) is 0 Å². The number of fused-ring (bicyclic) bond motifs is 1. The monoisotopic (exact) mass is 668 g/mol. The number of anilines is 1. The summed E-state index contributed by atoms with van der Waals surface area (Å²) in [5, 5.41) is 58.4. The molecule has 18 nitrogen and oxygen atoms in total. The molecule has 1 fully saturated rings. The van der Waals surface area contributed by atoms with Crippen LogP contribution in [0.4, 0.5) is 10.6 Å². The first-order valence-corrected chi connectivity index (χ1v) is 14.8. The van der Waals surface area contributed by atoms with E-state index in [0.717, 1.165) is 24.0 Å². The van der Waals surface area contributed by atoms with Gasteiger partial charge in [0.25, 0.3) is 6.41 Å². The number of aliphatic hydroxyl groups is 5. The molecule has 0 unspecified atom stereocenters. The van der Waals surface area contributed by atoms with E-state index >= 15 is 0 Å². The van der Waals surface area contributed by atoms with Gasteiger partial charge in [-0.3, -0.25) is 10.3 Å². The number of hydrogen-bond donors (Lipinski definition) is 6. The maximum Gasteiger partial charge on any atom is 0.415 e. The lowest BCUT2D eigenvalue weighted by Crippen LogP contribution is -2.46. The lowest BCUT2D eigenvalue weighted by Gasteiger charge is -2.36. The van der Waals surface area contributed by atoms with Crippen molar-refractivity contribution in [3.8, 4) is 23.1 Å². The van der Waals surface area contributed by atoms with Crippen LogP contribution in [0.25, 0.3) is 11.1 Å². The van der Waals surface area contributed by atoms with Crippen molar-refractivity contribution in [3.05, 3.63) is 60.5 Å². The van der Waals surface area contributed by atoms with Crippen LogP contribution in [0.1, 0.15) is 50.8 Å². The fraction of sp³-hybridized carbons (Fsp3) is 0.433. The Bertz CT molecular complexity index is 1620. The third-order valence-corrected chi connectivity index (χ3v) is 7.39. The van der Waals surface area contributed by atoms with Crippen molar-refractivity contribution in [3.63, 3.8) is 0 Å². The van der Waals surface area contributed by atoms with Crippen LogP contribution in [-0.2, 0) is 15.5 Å². The number of aromatic nitrogens is 5. The van der Waals surface area contributed by atoms with Crippen LogP contribution in [0.2, 0.25) is 0 Å². The number of allylic oxidation sites excluding steroid dienone is 1. The summed E-state index contributed by atoms with van der Waals surface area (Å²) in [5.74, 6) is -2.74. The summed E-state index contributed by atoms with van der Waals surface area (Å²) in [4.78, 5) is 40.7. The molecule has 0 spiro atoms. The van der Waals surface area contributed by atoms with E-state index in [-0.39, 0.29) is 42.2 Å². The molecule has 1 amide bonds. The second kappa shape index (κ2) is 14.1. The average molecular weight is 669 g/mol. The van der Waals surface area contributed by atoms with Crippen molar-refractivity contribution in [2.24, 2.45) is 0 Å². The number of nitrogens with zero attached hydrogens (tertiary/aromatic N) is 7. The van der Waals surface area contributed by atoms with Crippen molar-refractivity contribution < 1.29 is 49.4 Å². The second-order valence-electron chi connectivity index (χ2n) is 11.7. The van der Waals surface area contributed by atoms with Gasteiger partial charge in [0.1, 0.15) is 24.2 Å². The summed E-state index contributed by atoms with van der Waals surface area (Å²) in [6.45, 7) is 2.83. The van der Waals surface area contributed by atoms with Gasteiger partial charge < -0.3 is 39.7 Å². The Morgan fingerprint density at radius 3 is 2.33 bits per heavy atom. The third kappa shape index (κ3) is 8.16. The van der Waals surface area contributed by atoms with Gasteiger partial charge in [-0.05, 0) is 57.7 Å². The van der Waals surface area contributed by atoms with Crippen molar-refractivity contribution >= 4 is 17.6 Å². The van der Waals surface area contributed by atoms with Crippen LogP contribution in [0.15, 0.2) is 49.2 Å². The fourth-order valence-corrected chi connectivity index (χ4v) is 5.02. The number of aliphatic hydroxyl groups excluding tert-OH is 1. The van der Waals surface area contributed by atoms with E-state index in [1.807, 2.05) is 0 Å². The van der Waals surface area contributed by atoms with Gasteiger partial charge in [-0.2, -0.15) is 4.98 Å². The van der Waals surface area contributed by atoms with E-state index < -0.39 is 29.6 Å². The molecule has 6 N–H and O–H groups in total. The van der Waals surface area contributed by atoms with Gasteiger partial charge in [0.15, 0.2) is 0 Å². The zero-order valence-electron chi connectivity index (χ0n) is 26.3. The van der Waals surface area contributed by atoms with E-state index in [4.69, 9.17) is 24.5 Å². The molecule has 0 aromatic carbocycles. The lowest BCUT2D eigenvalue weighted by atomic mass is 9.92. The molecule has 0 saturated heterocycles. The van der Waals surface area contributed by atoms with E-state index in [1.54, 1.807) is 30.7 Å². The van der Waals surface area contributed by atoms with Gasteiger partial charge >= 0.3 is 24.1 Å². The molecule has 5 rings (SSSR count). The maximum atomic E-state index is 13.4. The molecular formula is C30H36N8O10. The first kappa shape index (κ1) is 34.5. The Kier molecular flexibility index (Phi) is 10.1. The zero-order valence-corrected chi connectivity index (χ0v) is 26.3. The zero-order chi connectivity index (χ0) is 34.6. The van der Waals surface area contributed by atoms with Crippen molar-refractivity contribution in [1.29, 1.82) is 5.41 Å². The summed E-state index contributed by atoms with van der Waals surface area (Å²) >= 11 is 0. The molecule has 0 atom stereocenters. The number of hydroxylamine groups is 2. The molecule has 1 aliphatic heterocycles. The highest BCUT2D eigenvalue weighted by Crippen LogP contribution is 2.32. The molecular weight excluding hydrogens is 632 g/mol. The number of pyridine rings is 1. The minimum atomic E-state index is -3.09. The number of methoxy groups -OCH3 is 1. The van der Waals surface area contributed by atoms with Crippen molar-refractivity contribution in [2.75, 3.05) is 18.6 Å². The van der Waals surface area contributed by atoms with Crippen LogP contribution in [0, 0.1) is 5.41 Å². The number of carbonyl (C=O) groups is 1. The largest absolute Gasteiger partial charge is 0.467 e. The highest BCUT2D eigenvalue weighted by molar-refractivity contribution is 6.06. The number of rotatable bonds is 9. The predicted octanol–water partition coefficient (Wildman–Crippen LogP) is 0.933. The minimum Gasteiger partial charge on any atom is -0.467 e. The molecule has 1 saturated carbocycles. The van der Waals surface area contributed by atoms with E-state index in [2.05, 4.69) is 24.9 Å². The van der Waals surface area contributed by atoms with Crippen LogP contribution in [0.3, 0.4) is 0 Å². The molecule has 2 aliphatic rings. The van der Waals surface area contributed by atoms with Crippen LogP contribution >= 0.6 is 0 Å². The molecule has 48 heavy (non-hydrogen) atoms. The molecule has 0 radical (unpaired) electrons. The minimum absolute atomic E-state index is 0.132. The topological polar surface area (TPSA) is 250 Å². The Labute approximate surface area is 274 Å². The van der Waals surface area contributed by atoms with E-state index in [0.29, 0.717) is 42.1 Å². The first-order chi connectivity index (χ1) is 22.7. The molecule has 256 valence electrons. The number of carbonyl (C=O) groups excluding carboxylic acids is 1. The SMILES string of the molecule is COc1ncc(-c2ccc(N(C(=O)OCC(C)(C)O)[C@H]3CC[C@H](Oc4ncc5c(n4)C(=N)/C=C\N(C(O)O)OC5(O)O)CC3)nc2)cn1. The third-order valence-electron chi connectivity index (χ3n) is 7.39. The van der Waals surface area contributed by atoms with Crippen molar-refractivity contribution in [2.45, 2.75) is 69.7 Å². The Balaban J connectivity index is 1.30. The molecule has 1 aliphatic carbocycles. The van der Waals surface area contributed by atoms with Crippen LogP contribution < -0.4 is 14.4 Å². The normalized spacial score (nSPS) is 19.9. The molecule has 4 heterocycles. The van der Waals surface area contributed by atoms with Gasteiger partial charge in [-0.1, -0.05) is 0 Å². The maximum absolute atomic E-state index is 13.4. The van der Waals surface area contributed by atoms with Crippen LogP contribution in [0.5, 0.6) is 12.0 Å². The second-order valence-corrected chi connectivity index (χ2v) is 11.7. The Morgan fingerprint density at radius 1 is 1.06 bits per heavy atom. The van der Waals surface area contributed by atoms with Crippen LogP contribution in [-0.4, -0.2) is 105 Å². The molecule has 18 heteroatoms. The highest BCUT2D eigenvalue weighted by Gasteiger charge is 2.39. The first-order valence-electron chi connectivity index (χ1n) is 14.8. The van der Waals surface area contributed by atoms with Gasteiger partial charge in [-0.25, -0.2) is 34.6 Å². The summed E-state index contributed by atoms with van der Waals surface area (Å²) < 4.78 is 16.5. The predicted molar refractivity (Wildman–Crippen MR) is 164 cm³/mol. The van der Waals surface area contributed by atoms with Gasteiger partial charge in [0, 0.05) is 48.2 Å². The smallest absolute Gasteiger partial charge is 0.415 e. The number of amides is 1.